The van der Waals surface area contributed by atoms with Crippen LogP contribution >= 0.6 is 12.4 Å². The zero-order valence-corrected chi connectivity index (χ0v) is 15.7. The predicted octanol–water partition coefficient (Wildman–Crippen LogP) is 2.43. The summed E-state index contributed by atoms with van der Waals surface area (Å²) in [6.07, 6.45) is 0. The summed E-state index contributed by atoms with van der Waals surface area (Å²) in [4.78, 5) is 24.1. The van der Waals surface area contributed by atoms with E-state index in [0.29, 0.717) is 30.2 Å². The van der Waals surface area contributed by atoms with E-state index in [2.05, 4.69) is 10.6 Å². The standard InChI is InChI=1S/C19H23N3O3.ClH/c1-13-9-14(2)11-15(10-13)19(24)21-12-18(23)22-16-3-5-17(6-4-16)25-8-7-20;/h3-6,9-11H,7-8,12,20H2,1-2H3,(H,21,24)(H,22,23);1H. The van der Waals surface area contributed by atoms with Gasteiger partial charge in [0.15, 0.2) is 0 Å². The van der Waals surface area contributed by atoms with Crippen molar-refractivity contribution in [2.45, 2.75) is 13.8 Å². The zero-order chi connectivity index (χ0) is 18.2. The number of hydrogen-bond donors (Lipinski definition) is 3. The van der Waals surface area contributed by atoms with Crippen LogP contribution in [0.15, 0.2) is 42.5 Å². The zero-order valence-electron chi connectivity index (χ0n) is 14.9. The Morgan fingerprint density at radius 3 is 2.23 bits per heavy atom. The Morgan fingerprint density at radius 2 is 1.65 bits per heavy atom. The van der Waals surface area contributed by atoms with Gasteiger partial charge in [0.1, 0.15) is 12.4 Å². The highest BCUT2D eigenvalue weighted by Crippen LogP contribution is 2.15. The van der Waals surface area contributed by atoms with Crippen LogP contribution in [0.3, 0.4) is 0 Å². The summed E-state index contributed by atoms with van der Waals surface area (Å²) in [7, 11) is 0. The van der Waals surface area contributed by atoms with E-state index in [0.717, 1.165) is 11.1 Å². The third-order valence-electron chi connectivity index (χ3n) is 3.42. The minimum atomic E-state index is -0.298. The van der Waals surface area contributed by atoms with E-state index in [4.69, 9.17) is 10.5 Å². The average molecular weight is 378 g/mol. The van der Waals surface area contributed by atoms with Gasteiger partial charge in [0.25, 0.3) is 5.91 Å². The van der Waals surface area contributed by atoms with Crippen LogP contribution in [0.2, 0.25) is 0 Å². The van der Waals surface area contributed by atoms with E-state index in [1.165, 1.54) is 0 Å². The summed E-state index contributed by atoms with van der Waals surface area (Å²) in [5.41, 5.74) is 8.56. The van der Waals surface area contributed by atoms with E-state index < -0.39 is 0 Å². The number of aryl methyl sites for hydroxylation is 2. The lowest BCUT2D eigenvalue weighted by molar-refractivity contribution is -0.115. The highest BCUT2D eigenvalue weighted by molar-refractivity contribution is 5.99. The van der Waals surface area contributed by atoms with Crippen molar-refractivity contribution in [1.29, 1.82) is 0 Å². The molecule has 0 heterocycles. The van der Waals surface area contributed by atoms with Gasteiger partial charge in [-0.2, -0.15) is 0 Å². The summed E-state index contributed by atoms with van der Waals surface area (Å²) in [6, 6.07) is 12.5. The summed E-state index contributed by atoms with van der Waals surface area (Å²) >= 11 is 0. The Balaban J connectivity index is 0.00000338. The molecule has 6 nitrogen and oxygen atoms in total. The molecule has 0 aliphatic rings. The number of benzene rings is 2. The minimum absolute atomic E-state index is 0. The van der Waals surface area contributed by atoms with Crippen molar-refractivity contribution in [2.24, 2.45) is 5.73 Å². The number of carbonyl (C=O) groups excluding carboxylic acids is 2. The minimum Gasteiger partial charge on any atom is -0.492 e. The molecule has 140 valence electrons. The first kappa shape index (κ1) is 21.5. The molecule has 7 heteroatoms. The number of anilines is 1. The smallest absolute Gasteiger partial charge is 0.251 e. The lowest BCUT2D eigenvalue weighted by atomic mass is 10.1. The Kier molecular flexibility index (Phi) is 8.61. The Bertz CT molecular complexity index is 728. The van der Waals surface area contributed by atoms with Crippen molar-refractivity contribution in [1.82, 2.24) is 5.32 Å². The summed E-state index contributed by atoms with van der Waals surface area (Å²) in [5, 5.41) is 5.34. The van der Waals surface area contributed by atoms with Crippen LogP contribution in [0.5, 0.6) is 5.75 Å². The van der Waals surface area contributed by atoms with E-state index in [9.17, 15) is 9.59 Å². The summed E-state index contributed by atoms with van der Waals surface area (Å²) < 4.78 is 5.37. The highest BCUT2D eigenvalue weighted by Gasteiger charge is 2.09. The lowest BCUT2D eigenvalue weighted by Crippen LogP contribution is -2.32. The first-order valence-electron chi connectivity index (χ1n) is 8.07. The molecule has 0 aliphatic carbocycles. The fourth-order valence-corrected chi connectivity index (χ4v) is 2.38. The molecule has 4 N–H and O–H groups in total. The second-order valence-electron chi connectivity index (χ2n) is 5.77. The van der Waals surface area contributed by atoms with Gasteiger partial charge < -0.3 is 21.1 Å². The number of ether oxygens (including phenoxy) is 1. The molecular formula is C19H24ClN3O3. The molecule has 2 aromatic carbocycles. The maximum atomic E-state index is 12.1. The molecule has 0 bridgehead atoms. The van der Waals surface area contributed by atoms with Crippen LogP contribution in [0, 0.1) is 13.8 Å². The van der Waals surface area contributed by atoms with Crippen LogP contribution in [0.1, 0.15) is 21.5 Å². The van der Waals surface area contributed by atoms with Crippen molar-refractivity contribution in [3.8, 4) is 5.75 Å². The molecule has 2 aromatic rings. The lowest BCUT2D eigenvalue weighted by Gasteiger charge is -2.09. The third-order valence-corrected chi connectivity index (χ3v) is 3.42. The molecule has 0 spiro atoms. The van der Waals surface area contributed by atoms with E-state index in [1.54, 1.807) is 36.4 Å². The second-order valence-corrected chi connectivity index (χ2v) is 5.77. The van der Waals surface area contributed by atoms with E-state index in [1.807, 2.05) is 19.9 Å². The topological polar surface area (TPSA) is 93.5 Å². The van der Waals surface area contributed by atoms with Gasteiger partial charge in [-0.15, -0.1) is 12.4 Å². The van der Waals surface area contributed by atoms with Gasteiger partial charge in [0.2, 0.25) is 5.91 Å². The van der Waals surface area contributed by atoms with Gasteiger partial charge in [-0.1, -0.05) is 17.2 Å². The van der Waals surface area contributed by atoms with Gasteiger partial charge in [-0.3, -0.25) is 9.59 Å². The molecule has 2 rings (SSSR count). The van der Waals surface area contributed by atoms with Gasteiger partial charge >= 0.3 is 0 Å². The van der Waals surface area contributed by atoms with Gasteiger partial charge in [-0.05, 0) is 50.2 Å². The van der Waals surface area contributed by atoms with Crippen LogP contribution in [0.25, 0.3) is 0 Å². The SMILES string of the molecule is Cc1cc(C)cc(C(=O)NCC(=O)Nc2ccc(OCCN)cc2)c1.Cl. The second kappa shape index (κ2) is 10.4. The van der Waals surface area contributed by atoms with Crippen LogP contribution in [0.4, 0.5) is 5.69 Å². The molecule has 0 aromatic heterocycles. The van der Waals surface area contributed by atoms with Crippen molar-refractivity contribution in [3.63, 3.8) is 0 Å². The molecular weight excluding hydrogens is 354 g/mol. The van der Waals surface area contributed by atoms with Crippen LogP contribution in [-0.2, 0) is 4.79 Å². The predicted molar refractivity (Wildman–Crippen MR) is 105 cm³/mol. The number of amides is 2. The van der Waals surface area contributed by atoms with E-state index >= 15 is 0 Å². The maximum Gasteiger partial charge on any atom is 0.251 e. The number of halogens is 1. The molecule has 0 saturated heterocycles. The number of hydrogen-bond acceptors (Lipinski definition) is 4. The summed E-state index contributed by atoms with van der Waals surface area (Å²) in [5.74, 6) is 0.118. The normalized spacial score (nSPS) is 9.81. The average Bonchev–Trinajstić information content (AvgIpc) is 2.58. The van der Waals surface area contributed by atoms with Gasteiger partial charge in [-0.25, -0.2) is 0 Å². The monoisotopic (exact) mass is 377 g/mol. The maximum absolute atomic E-state index is 12.1. The van der Waals surface area contributed by atoms with Gasteiger partial charge in [0.05, 0.1) is 6.54 Å². The van der Waals surface area contributed by atoms with Crippen molar-refractivity contribution in [2.75, 3.05) is 25.0 Å². The molecule has 0 saturated carbocycles. The number of nitrogens with two attached hydrogens (primary N) is 1. The molecule has 0 unspecified atom stereocenters. The quantitative estimate of drug-likeness (QED) is 0.690. The van der Waals surface area contributed by atoms with E-state index in [-0.39, 0.29) is 30.8 Å². The molecule has 26 heavy (non-hydrogen) atoms. The van der Waals surface area contributed by atoms with Gasteiger partial charge in [0, 0.05) is 17.8 Å². The molecule has 0 radical (unpaired) electrons. The fraction of sp³-hybridized carbons (Fsp3) is 0.263. The first-order chi connectivity index (χ1) is 12.0. The number of carbonyl (C=O) groups is 2. The molecule has 0 atom stereocenters. The Labute approximate surface area is 159 Å². The Hall–Kier alpha value is -2.57. The molecule has 0 fully saturated rings. The fourth-order valence-electron chi connectivity index (χ4n) is 2.38. The third kappa shape index (κ3) is 6.74. The summed E-state index contributed by atoms with van der Waals surface area (Å²) in [6.45, 7) is 4.64. The number of rotatable bonds is 7. The largest absolute Gasteiger partial charge is 0.492 e. The van der Waals surface area contributed by atoms with Crippen LogP contribution < -0.4 is 21.1 Å². The molecule has 0 aliphatic heterocycles. The number of nitrogens with one attached hydrogen (secondary N) is 2. The first-order valence-corrected chi connectivity index (χ1v) is 8.07. The van der Waals surface area contributed by atoms with Crippen LogP contribution in [-0.4, -0.2) is 31.5 Å². The van der Waals surface area contributed by atoms with Crippen molar-refractivity contribution >= 4 is 29.9 Å². The van der Waals surface area contributed by atoms with Crippen molar-refractivity contribution in [3.05, 3.63) is 59.2 Å². The Morgan fingerprint density at radius 1 is 1.04 bits per heavy atom. The van der Waals surface area contributed by atoms with Crippen molar-refractivity contribution < 1.29 is 14.3 Å². The molecule has 2 amide bonds. The highest BCUT2D eigenvalue weighted by atomic mass is 35.5.